The van der Waals surface area contributed by atoms with Crippen LogP contribution in [0.2, 0.25) is 0 Å². The van der Waals surface area contributed by atoms with Crippen molar-refractivity contribution < 1.29 is 13.6 Å². The molecular weight excluding hydrogens is 374 g/mol. The number of hydrogen-bond donors (Lipinski definition) is 2. The monoisotopic (exact) mass is 398 g/mol. The van der Waals surface area contributed by atoms with Gasteiger partial charge in [0.2, 0.25) is 0 Å². The van der Waals surface area contributed by atoms with E-state index in [1.807, 2.05) is 12.1 Å². The minimum absolute atomic E-state index is 0.207. The standard InChI is InChI=1S/C22H24F2N4O/c23-20-6-5-17(9-21(20)24)19-10-22(19)27-11-15-1-3-16(4-2-15)13-28(29-14-25)18-7-8-26-12-18/h1-6,9,18-19,22,26-27H,7-8,10-13H2/t18?,19-,22+/m0/s1. The molecule has 1 saturated heterocycles. The highest BCUT2D eigenvalue weighted by Crippen LogP contribution is 2.41. The zero-order chi connectivity index (χ0) is 20.2. The quantitative estimate of drug-likeness (QED) is 0.528. The van der Waals surface area contributed by atoms with E-state index in [0.717, 1.165) is 49.2 Å². The summed E-state index contributed by atoms with van der Waals surface area (Å²) in [4.78, 5) is 5.15. The molecule has 0 aromatic heterocycles. The maximum absolute atomic E-state index is 13.4. The van der Waals surface area contributed by atoms with Crippen LogP contribution in [0.15, 0.2) is 42.5 Å². The minimum Gasteiger partial charge on any atom is -0.327 e. The molecule has 2 aromatic rings. The van der Waals surface area contributed by atoms with Gasteiger partial charge in [-0.15, -0.1) is 10.3 Å². The number of nitriles is 1. The van der Waals surface area contributed by atoms with Gasteiger partial charge in [0, 0.05) is 25.0 Å². The van der Waals surface area contributed by atoms with Crippen LogP contribution in [0.5, 0.6) is 0 Å². The maximum Gasteiger partial charge on any atom is 0.307 e. The first kappa shape index (κ1) is 19.8. The summed E-state index contributed by atoms with van der Waals surface area (Å²) in [5, 5.41) is 17.4. The van der Waals surface area contributed by atoms with E-state index in [2.05, 4.69) is 22.8 Å². The molecule has 2 aliphatic rings. The highest BCUT2D eigenvalue weighted by atomic mass is 19.2. The van der Waals surface area contributed by atoms with Gasteiger partial charge in [-0.05, 0) is 48.2 Å². The fourth-order valence-corrected chi connectivity index (χ4v) is 3.90. The normalized spacial score (nSPS) is 23.2. The summed E-state index contributed by atoms with van der Waals surface area (Å²) >= 11 is 0. The molecule has 1 saturated carbocycles. The predicted molar refractivity (Wildman–Crippen MR) is 104 cm³/mol. The van der Waals surface area contributed by atoms with Crippen molar-refractivity contribution in [1.82, 2.24) is 15.7 Å². The van der Waals surface area contributed by atoms with E-state index in [-0.39, 0.29) is 18.0 Å². The van der Waals surface area contributed by atoms with Gasteiger partial charge in [-0.1, -0.05) is 30.3 Å². The first-order valence-corrected chi connectivity index (χ1v) is 9.93. The van der Waals surface area contributed by atoms with Crippen LogP contribution in [0.1, 0.15) is 35.4 Å². The van der Waals surface area contributed by atoms with Gasteiger partial charge in [0.05, 0.1) is 12.6 Å². The molecular formula is C22H24F2N4O. The summed E-state index contributed by atoms with van der Waals surface area (Å²) in [6, 6.07) is 12.9. The third kappa shape index (κ3) is 4.91. The number of hydrogen-bond acceptors (Lipinski definition) is 5. The maximum atomic E-state index is 13.4. The number of nitrogens with zero attached hydrogens (tertiary/aromatic N) is 2. The van der Waals surface area contributed by atoms with E-state index in [1.165, 1.54) is 12.1 Å². The van der Waals surface area contributed by atoms with Gasteiger partial charge in [0.1, 0.15) is 0 Å². The van der Waals surface area contributed by atoms with Crippen molar-refractivity contribution in [1.29, 1.82) is 5.26 Å². The SMILES string of the molecule is N#CON(Cc1ccc(CN[C@@H]2C[C@H]2c2ccc(F)c(F)c2)cc1)C1CCNC1. The Morgan fingerprint density at radius 3 is 2.62 bits per heavy atom. The average Bonchev–Trinajstić information content (AvgIpc) is 3.29. The Labute approximate surface area is 169 Å². The number of halogens is 2. The third-order valence-electron chi connectivity index (χ3n) is 5.69. The van der Waals surface area contributed by atoms with Crippen molar-refractivity contribution in [2.45, 2.75) is 43.9 Å². The van der Waals surface area contributed by atoms with Gasteiger partial charge >= 0.3 is 6.26 Å². The highest BCUT2D eigenvalue weighted by Gasteiger charge is 2.38. The molecule has 1 heterocycles. The van der Waals surface area contributed by atoms with E-state index in [1.54, 1.807) is 17.4 Å². The van der Waals surface area contributed by atoms with Crippen molar-refractivity contribution in [2.75, 3.05) is 13.1 Å². The Morgan fingerprint density at radius 1 is 1.14 bits per heavy atom. The van der Waals surface area contributed by atoms with Crippen LogP contribution >= 0.6 is 0 Å². The second-order valence-electron chi connectivity index (χ2n) is 7.72. The Kier molecular flexibility index (Phi) is 6.05. The molecule has 0 bridgehead atoms. The topological polar surface area (TPSA) is 60.3 Å². The van der Waals surface area contributed by atoms with Crippen LogP contribution in [0, 0.1) is 23.2 Å². The summed E-state index contributed by atoms with van der Waals surface area (Å²) in [5.74, 6) is -1.35. The van der Waals surface area contributed by atoms with E-state index < -0.39 is 11.6 Å². The van der Waals surface area contributed by atoms with Crippen molar-refractivity contribution in [3.8, 4) is 6.26 Å². The molecule has 1 aliphatic heterocycles. The number of nitrogens with one attached hydrogen (secondary N) is 2. The molecule has 7 heteroatoms. The van der Waals surface area contributed by atoms with E-state index in [9.17, 15) is 8.78 Å². The molecule has 29 heavy (non-hydrogen) atoms. The largest absolute Gasteiger partial charge is 0.327 e. The number of benzene rings is 2. The van der Waals surface area contributed by atoms with Crippen LogP contribution in [0.4, 0.5) is 8.78 Å². The van der Waals surface area contributed by atoms with Crippen LogP contribution in [0.3, 0.4) is 0 Å². The number of hydroxylamine groups is 2. The second kappa shape index (κ2) is 8.87. The van der Waals surface area contributed by atoms with Gasteiger partial charge in [-0.3, -0.25) is 0 Å². The van der Waals surface area contributed by atoms with E-state index >= 15 is 0 Å². The van der Waals surface area contributed by atoms with Crippen LogP contribution in [0.25, 0.3) is 0 Å². The molecule has 0 radical (unpaired) electrons. The molecule has 2 fully saturated rings. The minimum atomic E-state index is -0.804. The Balaban J connectivity index is 1.27. The van der Waals surface area contributed by atoms with Gasteiger partial charge in [0.15, 0.2) is 11.6 Å². The second-order valence-corrected chi connectivity index (χ2v) is 7.72. The van der Waals surface area contributed by atoms with Gasteiger partial charge in [-0.2, -0.15) is 0 Å². The van der Waals surface area contributed by atoms with Crippen LogP contribution in [-0.4, -0.2) is 30.2 Å². The molecule has 0 spiro atoms. The molecule has 1 aliphatic carbocycles. The summed E-state index contributed by atoms with van der Waals surface area (Å²) in [6.45, 7) is 3.04. The van der Waals surface area contributed by atoms with Gasteiger partial charge in [-0.25, -0.2) is 8.78 Å². The van der Waals surface area contributed by atoms with Gasteiger partial charge < -0.3 is 15.5 Å². The molecule has 2 N–H and O–H groups in total. The smallest absolute Gasteiger partial charge is 0.307 e. The summed E-state index contributed by atoms with van der Waals surface area (Å²) in [6.07, 6.45) is 3.68. The van der Waals surface area contributed by atoms with Crippen LogP contribution < -0.4 is 10.6 Å². The number of rotatable bonds is 8. The first-order valence-electron chi connectivity index (χ1n) is 9.93. The molecule has 2 aromatic carbocycles. The Hall–Kier alpha value is -2.53. The average molecular weight is 398 g/mol. The van der Waals surface area contributed by atoms with E-state index in [0.29, 0.717) is 6.54 Å². The summed E-state index contributed by atoms with van der Waals surface area (Å²) in [5.41, 5.74) is 3.08. The molecule has 1 unspecified atom stereocenters. The van der Waals surface area contributed by atoms with Crippen molar-refractivity contribution in [3.63, 3.8) is 0 Å². The van der Waals surface area contributed by atoms with Crippen molar-refractivity contribution >= 4 is 0 Å². The van der Waals surface area contributed by atoms with E-state index in [4.69, 9.17) is 10.1 Å². The zero-order valence-electron chi connectivity index (χ0n) is 16.1. The third-order valence-corrected chi connectivity index (χ3v) is 5.69. The lowest BCUT2D eigenvalue weighted by Gasteiger charge is -2.23. The predicted octanol–water partition coefficient (Wildman–Crippen LogP) is 3.19. The fourth-order valence-electron chi connectivity index (χ4n) is 3.90. The molecule has 5 nitrogen and oxygen atoms in total. The molecule has 4 rings (SSSR count). The lowest BCUT2D eigenvalue weighted by molar-refractivity contribution is -0.129. The fraction of sp³-hybridized carbons (Fsp3) is 0.409. The lowest BCUT2D eigenvalue weighted by Crippen LogP contribution is -2.35. The Bertz CT molecular complexity index is 877. The van der Waals surface area contributed by atoms with Crippen molar-refractivity contribution in [2.24, 2.45) is 0 Å². The summed E-state index contributed by atoms with van der Waals surface area (Å²) < 4.78 is 26.5. The highest BCUT2D eigenvalue weighted by molar-refractivity contribution is 5.29. The molecule has 3 atom stereocenters. The summed E-state index contributed by atoms with van der Waals surface area (Å²) in [7, 11) is 0. The molecule has 0 amide bonds. The Morgan fingerprint density at radius 2 is 1.93 bits per heavy atom. The van der Waals surface area contributed by atoms with Crippen LogP contribution in [-0.2, 0) is 17.9 Å². The lowest BCUT2D eigenvalue weighted by atomic mass is 10.1. The zero-order valence-corrected chi connectivity index (χ0v) is 16.1. The van der Waals surface area contributed by atoms with Gasteiger partial charge in [0.25, 0.3) is 0 Å². The molecule has 152 valence electrons. The first-order chi connectivity index (χ1) is 14.1. The van der Waals surface area contributed by atoms with Crippen molar-refractivity contribution in [3.05, 3.63) is 70.8 Å².